The molecule has 0 aliphatic heterocycles. The van der Waals surface area contributed by atoms with E-state index in [9.17, 15) is 4.79 Å². The third-order valence-electron chi connectivity index (χ3n) is 3.15. The summed E-state index contributed by atoms with van der Waals surface area (Å²) in [5.74, 6) is 7.59. The quantitative estimate of drug-likeness (QED) is 0.462. The molecule has 2 nitrogen and oxygen atoms in total. The maximum absolute atomic E-state index is 11.6. The lowest BCUT2D eigenvalue weighted by Gasteiger charge is -2.05. The fraction of sp³-hybridized carbons (Fsp3) is 0.833. The Balaban J connectivity index is 3.31. The van der Waals surface area contributed by atoms with Crippen LogP contribution in [-0.2, 0) is 4.79 Å². The minimum absolute atomic E-state index is 0.179. The predicted molar refractivity (Wildman–Crippen MR) is 87.4 cm³/mol. The van der Waals surface area contributed by atoms with Crippen molar-refractivity contribution in [2.75, 3.05) is 6.54 Å². The molecule has 0 aliphatic carbocycles. The molecule has 0 aromatic rings. The Morgan fingerprint density at radius 1 is 1.00 bits per heavy atom. The fourth-order valence-corrected chi connectivity index (χ4v) is 2.00. The van der Waals surface area contributed by atoms with E-state index < -0.39 is 0 Å². The Morgan fingerprint density at radius 3 is 2.30 bits per heavy atom. The van der Waals surface area contributed by atoms with Crippen molar-refractivity contribution in [3.63, 3.8) is 0 Å². The molecule has 0 atom stereocenters. The van der Waals surface area contributed by atoms with E-state index in [1.165, 1.54) is 32.1 Å². The van der Waals surface area contributed by atoms with Gasteiger partial charge in [-0.3, -0.25) is 4.79 Å². The predicted octanol–water partition coefficient (Wildman–Crippen LogP) is 4.54. The van der Waals surface area contributed by atoms with Crippen LogP contribution in [0.2, 0.25) is 0 Å². The molecule has 0 aliphatic rings. The van der Waals surface area contributed by atoms with Crippen molar-refractivity contribution < 1.29 is 4.79 Å². The molecule has 0 saturated heterocycles. The van der Waals surface area contributed by atoms with E-state index in [4.69, 9.17) is 0 Å². The first-order chi connectivity index (χ1) is 9.52. The molecule has 0 saturated carbocycles. The highest BCUT2D eigenvalue weighted by atomic mass is 16.1. The first-order valence-electron chi connectivity index (χ1n) is 8.27. The summed E-state index contributed by atoms with van der Waals surface area (Å²) in [6, 6.07) is 0. The minimum Gasteiger partial charge on any atom is -0.355 e. The smallest absolute Gasteiger partial charge is 0.220 e. The Bertz CT molecular complexity index is 296. The molecule has 0 aromatic carbocycles. The summed E-state index contributed by atoms with van der Waals surface area (Å²) in [5.41, 5.74) is 0. The molecule has 0 aromatic heterocycles. The zero-order valence-corrected chi connectivity index (χ0v) is 13.9. The van der Waals surface area contributed by atoms with Crippen LogP contribution in [0.25, 0.3) is 0 Å². The average Bonchev–Trinajstić information content (AvgIpc) is 2.36. The van der Waals surface area contributed by atoms with Crippen molar-refractivity contribution in [1.29, 1.82) is 0 Å². The van der Waals surface area contributed by atoms with Crippen molar-refractivity contribution in [3.8, 4) is 11.8 Å². The highest BCUT2D eigenvalue weighted by Gasteiger charge is 2.00. The van der Waals surface area contributed by atoms with Crippen LogP contribution in [0.3, 0.4) is 0 Å². The van der Waals surface area contributed by atoms with Gasteiger partial charge in [0, 0.05) is 25.3 Å². The Labute approximate surface area is 126 Å². The van der Waals surface area contributed by atoms with E-state index in [-0.39, 0.29) is 5.91 Å². The lowest BCUT2D eigenvalue weighted by molar-refractivity contribution is -0.121. The fourth-order valence-electron chi connectivity index (χ4n) is 2.00. The maximum atomic E-state index is 11.6. The molecule has 0 bridgehead atoms. The third kappa shape index (κ3) is 15.1. The Morgan fingerprint density at radius 2 is 1.65 bits per heavy atom. The zero-order valence-electron chi connectivity index (χ0n) is 13.9. The average molecular weight is 279 g/mol. The standard InChI is InChI=1S/C18H33NO/c1-16(2)12-8-6-5-7-9-14-18(20)19-15-11-10-13-17(3)4/h16-17H,5-9,11-12,14-15H2,1-4H3,(H,19,20). The molecular formula is C18H33NO. The molecule has 1 amide bonds. The van der Waals surface area contributed by atoms with E-state index in [0.29, 0.717) is 18.9 Å². The van der Waals surface area contributed by atoms with Crippen molar-refractivity contribution >= 4 is 5.91 Å². The molecule has 0 spiro atoms. The molecule has 20 heavy (non-hydrogen) atoms. The summed E-state index contributed by atoms with van der Waals surface area (Å²) in [6.45, 7) is 9.39. The van der Waals surface area contributed by atoms with Gasteiger partial charge in [-0.1, -0.05) is 59.8 Å². The van der Waals surface area contributed by atoms with Crippen molar-refractivity contribution in [1.82, 2.24) is 5.32 Å². The first kappa shape index (κ1) is 19.0. The van der Waals surface area contributed by atoms with Gasteiger partial charge in [0.05, 0.1) is 0 Å². The molecular weight excluding hydrogens is 246 g/mol. The van der Waals surface area contributed by atoms with Gasteiger partial charge in [0.2, 0.25) is 5.91 Å². The monoisotopic (exact) mass is 279 g/mol. The number of amides is 1. The van der Waals surface area contributed by atoms with Crippen LogP contribution in [0, 0.1) is 23.7 Å². The molecule has 116 valence electrons. The second-order valence-electron chi connectivity index (χ2n) is 6.28. The second-order valence-corrected chi connectivity index (χ2v) is 6.28. The van der Waals surface area contributed by atoms with Crippen LogP contribution in [0.1, 0.15) is 79.1 Å². The van der Waals surface area contributed by atoms with Gasteiger partial charge < -0.3 is 5.32 Å². The van der Waals surface area contributed by atoms with Crippen LogP contribution in [-0.4, -0.2) is 12.5 Å². The molecule has 0 heterocycles. The first-order valence-corrected chi connectivity index (χ1v) is 8.27. The largest absolute Gasteiger partial charge is 0.355 e. The van der Waals surface area contributed by atoms with E-state index in [0.717, 1.165) is 18.8 Å². The van der Waals surface area contributed by atoms with Crippen LogP contribution < -0.4 is 5.32 Å². The number of unbranched alkanes of at least 4 members (excludes halogenated alkanes) is 4. The van der Waals surface area contributed by atoms with Gasteiger partial charge in [-0.05, 0) is 12.3 Å². The van der Waals surface area contributed by atoms with Crippen LogP contribution >= 0.6 is 0 Å². The highest BCUT2D eigenvalue weighted by Crippen LogP contribution is 2.11. The van der Waals surface area contributed by atoms with E-state index >= 15 is 0 Å². The van der Waals surface area contributed by atoms with Gasteiger partial charge >= 0.3 is 0 Å². The number of rotatable bonds is 10. The van der Waals surface area contributed by atoms with E-state index in [1.807, 2.05) is 0 Å². The summed E-state index contributed by atoms with van der Waals surface area (Å²) < 4.78 is 0. The summed E-state index contributed by atoms with van der Waals surface area (Å²) in [4.78, 5) is 11.6. The summed E-state index contributed by atoms with van der Waals surface area (Å²) in [7, 11) is 0. The normalized spacial score (nSPS) is 10.5. The molecule has 2 heteroatoms. The number of hydrogen-bond donors (Lipinski definition) is 1. The van der Waals surface area contributed by atoms with Gasteiger partial charge in [0.25, 0.3) is 0 Å². The summed E-state index contributed by atoms with van der Waals surface area (Å²) >= 11 is 0. The number of nitrogens with one attached hydrogen (secondary N) is 1. The molecule has 0 rings (SSSR count). The SMILES string of the molecule is CC(C)C#CCCNC(=O)CCCCCCCC(C)C. The second kappa shape index (κ2) is 13.0. The van der Waals surface area contributed by atoms with Crippen LogP contribution in [0.15, 0.2) is 0 Å². The highest BCUT2D eigenvalue weighted by molar-refractivity contribution is 5.75. The molecule has 0 radical (unpaired) electrons. The third-order valence-corrected chi connectivity index (χ3v) is 3.15. The van der Waals surface area contributed by atoms with E-state index in [1.54, 1.807) is 0 Å². The topological polar surface area (TPSA) is 29.1 Å². The van der Waals surface area contributed by atoms with E-state index in [2.05, 4.69) is 44.9 Å². The number of hydrogen-bond acceptors (Lipinski definition) is 1. The summed E-state index contributed by atoms with van der Waals surface area (Å²) in [6.07, 6.45) is 8.87. The van der Waals surface area contributed by atoms with Gasteiger partial charge in [0.1, 0.15) is 0 Å². The molecule has 0 unspecified atom stereocenters. The van der Waals surface area contributed by atoms with Crippen LogP contribution in [0.4, 0.5) is 0 Å². The lowest BCUT2D eigenvalue weighted by Crippen LogP contribution is -2.23. The minimum atomic E-state index is 0.179. The lowest BCUT2D eigenvalue weighted by atomic mass is 10.0. The zero-order chi connectivity index (χ0) is 15.2. The number of carbonyl (C=O) groups excluding carboxylic acids is 1. The van der Waals surface area contributed by atoms with Crippen molar-refractivity contribution in [2.24, 2.45) is 11.8 Å². The van der Waals surface area contributed by atoms with Crippen LogP contribution in [0.5, 0.6) is 0 Å². The van der Waals surface area contributed by atoms with Gasteiger partial charge in [-0.25, -0.2) is 0 Å². The Hall–Kier alpha value is -0.970. The maximum Gasteiger partial charge on any atom is 0.220 e. The van der Waals surface area contributed by atoms with Gasteiger partial charge in [0.15, 0.2) is 0 Å². The Kier molecular flexibility index (Phi) is 12.4. The van der Waals surface area contributed by atoms with Crippen molar-refractivity contribution in [3.05, 3.63) is 0 Å². The van der Waals surface area contributed by atoms with Gasteiger partial charge in [-0.2, -0.15) is 0 Å². The molecule has 1 N–H and O–H groups in total. The van der Waals surface area contributed by atoms with Crippen molar-refractivity contribution in [2.45, 2.75) is 79.1 Å². The van der Waals surface area contributed by atoms with Gasteiger partial charge in [-0.15, -0.1) is 11.8 Å². The molecule has 0 fully saturated rings. The number of carbonyl (C=O) groups is 1. The summed E-state index contributed by atoms with van der Waals surface area (Å²) in [5, 5.41) is 2.93.